The van der Waals surface area contributed by atoms with Crippen molar-refractivity contribution in [3.8, 4) is 5.69 Å². The fourth-order valence-electron chi connectivity index (χ4n) is 1.85. The van der Waals surface area contributed by atoms with Crippen LogP contribution in [0.25, 0.3) is 5.69 Å². The van der Waals surface area contributed by atoms with Gasteiger partial charge in [-0.25, -0.2) is 9.78 Å². The summed E-state index contributed by atoms with van der Waals surface area (Å²) in [4.78, 5) is 15.5. The van der Waals surface area contributed by atoms with Crippen LogP contribution in [0.5, 0.6) is 0 Å². The summed E-state index contributed by atoms with van der Waals surface area (Å²) >= 11 is 11.8. The molecule has 2 aromatic rings. The molecule has 0 radical (unpaired) electrons. The van der Waals surface area contributed by atoms with Crippen LogP contribution in [0.3, 0.4) is 0 Å². The number of nitrogen functional groups attached to an aromatic ring is 1. The molecule has 2 rings (SSSR count). The molecule has 1 aromatic heterocycles. The molecule has 0 bridgehead atoms. The monoisotopic (exact) mass is 367 g/mol. The molecule has 5 nitrogen and oxygen atoms in total. The third kappa shape index (κ3) is 3.37. The summed E-state index contributed by atoms with van der Waals surface area (Å²) in [6, 6.07) is 1.43. The lowest BCUT2D eigenvalue weighted by atomic mass is 10.2. The average Bonchev–Trinajstić information content (AvgIpc) is 2.79. The highest BCUT2D eigenvalue weighted by Gasteiger charge is 2.32. The number of carbonyl (C=O) groups is 1. The van der Waals surface area contributed by atoms with Crippen molar-refractivity contribution in [2.45, 2.75) is 13.1 Å². The number of halogens is 5. The van der Waals surface area contributed by atoms with Gasteiger partial charge in [0.1, 0.15) is 12.1 Å². The Hall–Kier alpha value is -1.93. The van der Waals surface area contributed by atoms with Crippen molar-refractivity contribution in [3.05, 3.63) is 39.8 Å². The van der Waals surface area contributed by atoms with Crippen LogP contribution >= 0.6 is 23.2 Å². The summed E-state index contributed by atoms with van der Waals surface area (Å²) in [5.74, 6) is -0.907. The minimum absolute atomic E-state index is 0.0121. The molecular weight excluding hydrogens is 358 g/mol. The molecule has 0 aliphatic rings. The third-order valence-corrected chi connectivity index (χ3v) is 3.43. The van der Waals surface area contributed by atoms with Gasteiger partial charge in [-0.3, -0.25) is 4.57 Å². The van der Waals surface area contributed by atoms with Gasteiger partial charge in [-0.15, -0.1) is 0 Å². The van der Waals surface area contributed by atoms with Gasteiger partial charge in [0.25, 0.3) is 0 Å². The molecule has 0 amide bonds. The van der Waals surface area contributed by atoms with Gasteiger partial charge in [0, 0.05) is 0 Å². The number of imidazole rings is 1. The van der Waals surface area contributed by atoms with E-state index >= 15 is 0 Å². The van der Waals surface area contributed by atoms with Crippen LogP contribution in [0, 0.1) is 0 Å². The maximum absolute atomic E-state index is 12.7. The Kier molecular flexibility index (Phi) is 4.76. The Morgan fingerprint density at radius 2 is 1.91 bits per heavy atom. The number of hydrogen-bond donors (Lipinski definition) is 1. The van der Waals surface area contributed by atoms with E-state index in [1.165, 1.54) is 0 Å². The molecule has 1 aromatic carbocycles. The van der Waals surface area contributed by atoms with Crippen LogP contribution in [-0.4, -0.2) is 22.1 Å². The van der Waals surface area contributed by atoms with E-state index in [4.69, 9.17) is 33.7 Å². The van der Waals surface area contributed by atoms with E-state index in [1.807, 2.05) is 0 Å². The molecule has 124 valence electrons. The van der Waals surface area contributed by atoms with Gasteiger partial charge in [0.2, 0.25) is 0 Å². The Balaban J connectivity index is 2.54. The zero-order valence-electron chi connectivity index (χ0n) is 11.6. The Morgan fingerprint density at radius 1 is 1.35 bits per heavy atom. The maximum Gasteiger partial charge on any atom is 0.416 e. The number of anilines is 1. The van der Waals surface area contributed by atoms with E-state index in [-0.39, 0.29) is 33.9 Å². The van der Waals surface area contributed by atoms with Crippen molar-refractivity contribution in [2.24, 2.45) is 0 Å². The van der Waals surface area contributed by atoms with E-state index in [2.05, 4.69) is 4.98 Å². The average molecular weight is 368 g/mol. The maximum atomic E-state index is 12.7. The third-order valence-electron chi connectivity index (χ3n) is 2.86. The molecular formula is C13H10Cl2F3N3O2. The van der Waals surface area contributed by atoms with E-state index in [9.17, 15) is 18.0 Å². The molecule has 2 N–H and O–H groups in total. The number of benzene rings is 1. The smallest absolute Gasteiger partial charge is 0.416 e. The zero-order valence-corrected chi connectivity index (χ0v) is 13.1. The Bertz CT molecular complexity index is 736. The summed E-state index contributed by atoms with van der Waals surface area (Å²) in [5, 5.41) is -0.575. The molecule has 0 unspecified atom stereocenters. The van der Waals surface area contributed by atoms with Gasteiger partial charge in [0.15, 0.2) is 5.69 Å². The van der Waals surface area contributed by atoms with Gasteiger partial charge in [0.05, 0.1) is 27.9 Å². The molecule has 0 spiro atoms. The first-order valence-electron chi connectivity index (χ1n) is 6.23. The Labute approximate surface area is 138 Å². The molecule has 23 heavy (non-hydrogen) atoms. The van der Waals surface area contributed by atoms with Crippen LogP contribution in [-0.2, 0) is 10.9 Å². The highest BCUT2D eigenvalue weighted by atomic mass is 35.5. The van der Waals surface area contributed by atoms with E-state index in [0.29, 0.717) is 12.1 Å². The van der Waals surface area contributed by atoms with Crippen molar-refractivity contribution >= 4 is 35.0 Å². The van der Waals surface area contributed by atoms with Gasteiger partial charge in [-0.2, -0.15) is 13.2 Å². The van der Waals surface area contributed by atoms with Crippen LogP contribution in [0.1, 0.15) is 23.0 Å². The first-order valence-corrected chi connectivity index (χ1v) is 6.99. The first kappa shape index (κ1) is 17.4. The SMILES string of the molecule is CCOC(=O)c1ncn(-c2c(Cl)cc(C(F)(F)F)cc2Cl)c1N. The van der Waals surface area contributed by atoms with Crippen molar-refractivity contribution in [2.75, 3.05) is 12.3 Å². The highest BCUT2D eigenvalue weighted by Crippen LogP contribution is 2.38. The molecule has 10 heteroatoms. The van der Waals surface area contributed by atoms with Crippen LogP contribution < -0.4 is 5.73 Å². The fraction of sp³-hybridized carbons (Fsp3) is 0.231. The number of ether oxygens (including phenoxy) is 1. The standard InChI is InChI=1S/C13H10Cl2F3N3O2/c1-2-23-12(22)9-11(19)21(5-20-9)10-7(14)3-6(4-8(10)15)13(16,17)18/h3-5H,2,19H2,1H3. The van der Waals surface area contributed by atoms with E-state index in [1.54, 1.807) is 6.92 Å². The van der Waals surface area contributed by atoms with Crippen LogP contribution in [0.15, 0.2) is 18.5 Å². The molecule has 0 saturated heterocycles. The van der Waals surface area contributed by atoms with Gasteiger partial charge in [-0.1, -0.05) is 23.2 Å². The second-order valence-corrected chi connectivity index (χ2v) is 5.17. The quantitative estimate of drug-likeness (QED) is 0.833. The molecule has 1 heterocycles. The largest absolute Gasteiger partial charge is 0.461 e. The van der Waals surface area contributed by atoms with E-state index in [0.717, 1.165) is 10.9 Å². The first-order chi connectivity index (χ1) is 10.7. The Morgan fingerprint density at radius 3 is 2.39 bits per heavy atom. The lowest BCUT2D eigenvalue weighted by molar-refractivity contribution is -0.137. The van der Waals surface area contributed by atoms with Crippen LogP contribution in [0.2, 0.25) is 10.0 Å². The van der Waals surface area contributed by atoms with Crippen LogP contribution in [0.4, 0.5) is 19.0 Å². The summed E-state index contributed by atoms with van der Waals surface area (Å²) in [5.41, 5.74) is 4.60. The predicted molar refractivity (Wildman–Crippen MR) is 79.0 cm³/mol. The number of carbonyl (C=O) groups excluding carboxylic acids is 1. The minimum Gasteiger partial charge on any atom is -0.461 e. The lowest BCUT2D eigenvalue weighted by Gasteiger charge is -2.13. The number of hydrogen-bond acceptors (Lipinski definition) is 4. The topological polar surface area (TPSA) is 70.1 Å². The molecule has 0 aliphatic heterocycles. The lowest BCUT2D eigenvalue weighted by Crippen LogP contribution is -2.10. The van der Waals surface area contributed by atoms with Gasteiger partial charge < -0.3 is 10.5 Å². The fourth-order valence-corrected chi connectivity index (χ4v) is 2.52. The van der Waals surface area contributed by atoms with Crippen molar-refractivity contribution in [3.63, 3.8) is 0 Å². The normalized spacial score (nSPS) is 11.6. The van der Waals surface area contributed by atoms with Gasteiger partial charge in [-0.05, 0) is 19.1 Å². The number of esters is 1. The zero-order chi connectivity index (χ0) is 17.4. The minimum atomic E-state index is -4.59. The van der Waals surface area contributed by atoms with E-state index < -0.39 is 17.7 Å². The second kappa shape index (κ2) is 6.29. The predicted octanol–water partition coefficient (Wildman–Crippen LogP) is 3.96. The number of alkyl halides is 3. The second-order valence-electron chi connectivity index (χ2n) is 4.36. The van der Waals surface area contributed by atoms with Crippen molar-refractivity contribution in [1.82, 2.24) is 9.55 Å². The number of rotatable bonds is 3. The highest BCUT2D eigenvalue weighted by molar-refractivity contribution is 6.38. The summed E-state index contributed by atoms with van der Waals surface area (Å²) in [6.07, 6.45) is -3.47. The number of nitrogens with zero attached hydrogens (tertiary/aromatic N) is 2. The van der Waals surface area contributed by atoms with Crippen molar-refractivity contribution < 1.29 is 22.7 Å². The molecule has 0 saturated carbocycles. The molecule has 0 fully saturated rings. The summed E-state index contributed by atoms with van der Waals surface area (Å²) in [6.45, 7) is 1.72. The number of nitrogens with two attached hydrogens (primary N) is 1. The van der Waals surface area contributed by atoms with Gasteiger partial charge >= 0.3 is 12.1 Å². The molecule has 0 atom stereocenters. The molecule has 0 aliphatic carbocycles. The summed E-state index contributed by atoms with van der Waals surface area (Å²) in [7, 11) is 0. The number of aromatic nitrogens is 2. The van der Waals surface area contributed by atoms with Crippen molar-refractivity contribution in [1.29, 1.82) is 0 Å². The summed E-state index contributed by atoms with van der Waals surface area (Å²) < 4.78 is 44.1.